The van der Waals surface area contributed by atoms with Gasteiger partial charge >= 0.3 is 6.18 Å². The molecule has 30 heavy (non-hydrogen) atoms. The molecule has 0 atom stereocenters. The fraction of sp³-hybridized carbons (Fsp3) is 0.238. The highest BCUT2D eigenvalue weighted by molar-refractivity contribution is 7.13. The number of thiazole rings is 1. The molecule has 0 saturated heterocycles. The van der Waals surface area contributed by atoms with Crippen molar-refractivity contribution < 1.29 is 27.4 Å². The molecule has 1 heterocycles. The highest BCUT2D eigenvalue weighted by Crippen LogP contribution is 2.32. The summed E-state index contributed by atoms with van der Waals surface area (Å²) >= 11 is 1.38. The minimum absolute atomic E-state index is 0.0269. The predicted octanol–water partition coefficient (Wildman–Crippen LogP) is 5.33. The highest BCUT2D eigenvalue weighted by atomic mass is 32.1. The molecular weight excluding hydrogens is 417 g/mol. The van der Waals surface area contributed by atoms with Gasteiger partial charge < -0.3 is 14.8 Å². The van der Waals surface area contributed by atoms with E-state index in [4.69, 9.17) is 9.47 Å². The van der Waals surface area contributed by atoms with Gasteiger partial charge in [0, 0.05) is 5.38 Å². The lowest BCUT2D eigenvalue weighted by Gasteiger charge is -2.13. The lowest BCUT2D eigenvalue weighted by Crippen LogP contribution is -2.20. The topological polar surface area (TPSA) is 60.5 Å². The third kappa shape index (κ3) is 5.96. The molecule has 0 radical (unpaired) electrons. The summed E-state index contributed by atoms with van der Waals surface area (Å²) in [5.74, 6) is 0.252. The van der Waals surface area contributed by atoms with Crippen LogP contribution in [0.1, 0.15) is 12.6 Å². The number of halogens is 3. The Kier molecular flexibility index (Phi) is 6.94. The Morgan fingerprint density at radius 2 is 1.77 bits per heavy atom. The number of carbonyl (C=O) groups is 1. The number of benzene rings is 2. The van der Waals surface area contributed by atoms with Gasteiger partial charge in [-0.1, -0.05) is 24.3 Å². The van der Waals surface area contributed by atoms with Gasteiger partial charge in [-0.2, -0.15) is 13.2 Å². The zero-order valence-electron chi connectivity index (χ0n) is 16.0. The smallest absolute Gasteiger partial charge is 0.422 e. The van der Waals surface area contributed by atoms with Crippen LogP contribution in [-0.2, 0) is 11.2 Å². The number of alkyl halides is 3. The Morgan fingerprint density at radius 1 is 1.07 bits per heavy atom. The molecule has 0 aliphatic rings. The van der Waals surface area contributed by atoms with Crippen molar-refractivity contribution in [3.63, 3.8) is 0 Å². The average Bonchev–Trinajstić information content (AvgIpc) is 3.15. The lowest BCUT2D eigenvalue weighted by molar-refractivity contribution is -0.153. The van der Waals surface area contributed by atoms with Crippen LogP contribution in [0.5, 0.6) is 11.5 Å². The SMILES string of the molecule is CCOc1ccccc1-c1nc(CC(=O)Nc2ccccc2OCC(F)(F)F)cs1. The Morgan fingerprint density at radius 3 is 2.50 bits per heavy atom. The normalized spacial score (nSPS) is 11.2. The van der Waals surface area contributed by atoms with Crippen molar-refractivity contribution in [3.05, 3.63) is 59.6 Å². The zero-order valence-corrected chi connectivity index (χ0v) is 16.8. The molecule has 2 aromatic carbocycles. The second-order valence-electron chi connectivity index (χ2n) is 6.20. The van der Waals surface area contributed by atoms with E-state index >= 15 is 0 Å². The van der Waals surface area contributed by atoms with Gasteiger partial charge in [0.2, 0.25) is 5.91 Å². The van der Waals surface area contributed by atoms with Gasteiger partial charge in [0.15, 0.2) is 6.61 Å². The minimum atomic E-state index is -4.47. The predicted molar refractivity (Wildman–Crippen MR) is 109 cm³/mol. The van der Waals surface area contributed by atoms with Gasteiger partial charge in [-0.05, 0) is 31.2 Å². The van der Waals surface area contributed by atoms with E-state index in [2.05, 4.69) is 10.3 Å². The van der Waals surface area contributed by atoms with Crippen molar-refractivity contribution in [1.29, 1.82) is 0 Å². The molecule has 0 fully saturated rings. The average molecular weight is 436 g/mol. The maximum Gasteiger partial charge on any atom is 0.422 e. The van der Waals surface area contributed by atoms with Crippen LogP contribution in [0.15, 0.2) is 53.9 Å². The van der Waals surface area contributed by atoms with Crippen molar-refractivity contribution in [2.24, 2.45) is 0 Å². The van der Waals surface area contributed by atoms with E-state index in [1.807, 2.05) is 31.2 Å². The van der Waals surface area contributed by atoms with Crippen molar-refractivity contribution in [2.45, 2.75) is 19.5 Å². The summed E-state index contributed by atoms with van der Waals surface area (Å²) < 4.78 is 47.6. The number of hydrogen-bond acceptors (Lipinski definition) is 5. The van der Waals surface area contributed by atoms with Crippen molar-refractivity contribution in [3.8, 4) is 22.1 Å². The number of aromatic nitrogens is 1. The Balaban J connectivity index is 1.67. The zero-order chi connectivity index (χ0) is 21.6. The monoisotopic (exact) mass is 436 g/mol. The van der Waals surface area contributed by atoms with Gasteiger partial charge in [0.05, 0.1) is 30.0 Å². The van der Waals surface area contributed by atoms with E-state index in [0.29, 0.717) is 18.1 Å². The first-order chi connectivity index (χ1) is 14.4. The molecule has 158 valence electrons. The molecule has 0 saturated carbocycles. The van der Waals surface area contributed by atoms with Crippen molar-refractivity contribution in [1.82, 2.24) is 4.98 Å². The molecule has 3 aromatic rings. The fourth-order valence-electron chi connectivity index (χ4n) is 2.65. The molecule has 0 bridgehead atoms. The second-order valence-corrected chi connectivity index (χ2v) is 7.06. The van der Waals surface area contributed by atoms with E-state index in [-0.39, 0.29) is 17.9 Å². The Bertz CT molecular complexity index is 1000. The van der Waals surface area contributed by atoms with Gasteiger partial charge in [-0.3, -0.25) is 4.79 Å². The molecule has 0 unspecified atom stereocenters. The third-order valence-electron chi connectivity index (χ3n) is 3.86. The maximum absolute atomic E-state index is 12.4. The number of amides is 1. The van der Waals surface area contributed by atoms with E-state index in [9.17, 15) is 18.0 Å². The van der Waals surface area contributed by atoms with Gasteiger partial charge in [0.25, 0.3) is 0 Å². The number of nitrogens with one attached hydrogen (secondary N) is 1. The van der Waals surface area contributed by atoms with E-state index < -0.39 is 18.7 Å². The molecule has 1 aromatic heterocycles. The Labute approximate surface area is 175 Å². The van der Waals surface area contributed by atoms with Crippen molar-refractivity contribution in [2.75, 3.05) is 18.5 Å². The number of hydrogen-bond donors (Lipinski definition) is 1. The molecule has 5 nitrogen and oxygen atoms in total. The summed E-state index contributed by atoms with van der Waals surface area (Å²) in [6, 6.07) is 13.5. The maximum atomic E-state index is 12.4. The van der Waals surface area contributed by atoms with Crippen LogP contribution in [0.4, 0.5) is 18.9 Å². The summed E-state index contributed by atoms with van der Waals surface area (Å²) in [6.07, 6.45) is -4.49. The lowest BCUT2D eigenvalue weighted by atomic mass is 10.2. The van der Waals surface area contributed by atoms with Crippen molar-refractivity contribution >= 4 is 22.9 Å². The first kappa shape index (κ1) is 21.6. The largest absolute Gasteiger partial charge is 0.493 e. The first-order valence-electron chi connectivity index (χ1n) is 9.10. The minimum Gasteiger partial charge on any atom is -0.493 e. The van der Waals surface area contributed by atoms with E-state index in [0.717, 1.165) is 10.6 Å². The van der Waals surface area contributed by atoms with Crippen LogP contribution in [0, 0.1) is 0 Å². The molecule has 1 N–H and O–H groups in total. The summed E-state index contributed by atoms with van der Waals surface area (Å²) in [6.45, 7) is 0.979. The molecule has 0 spiro atoms. The highest BCUT2D eigenvalue weighted by Gasteiger charge is 2.29. The van der Waals surface area contributed by atoms with Gasteiger partial charge in [-0.15, -0.1) is 11.3 Å². The van der Waals surface area contributed by atoms with Crippen LogP contribution in [0.25, 0.3) is 10.6 Å². The van der Waals surface area contributed by atoms with Crippen LogP contribution in [0.3, 0.4) is 0 Å². The Hall–Kier alpha value is -3.07. The van der Waals surface area contributed by atoms with Crippen LogP contribution >= 0.6 is 11.3 Å². The molecular formula is C21H19F3N2O3S. The number of rotatable bonds is 8. The summed E-state index contributed by atoms with van der Waals surface area (Å²) in [7, 11) is 0. The molecule has 3 rings (SSSR count). The number of carbonyl (C=O) groups excluding carboxylic acids is 1. The quantitative estimate of drug-likeness (QED) is 0.519. The summed E-state index contributed by atoms with van der Waals surface area (Å²) in [5, 5.41) is 5.07. The number of nitrogens with zero attached hydrogens (tertiary/aromatic N) is 1. The molecule has 9 heteroatoms. The number of ether oxygens (including phenoxy) is 2. The van der Waals surface area contributed by atoms with E-state index in [1.165, 1.54) is 29.5 Å². The van der Waals surface area contributed by atoms with Gasteiger partial charge in [0.1, 0.15) is 16.5 Å². The molecule has 0 aliphatic carbocycles. The summed E-state index contributed by atoms with van der Waals surface area (Å²) in [5.41, 5.74) is 1.55. The van der Waals surface area contributed by atoms with Crippen LogP contribution < -0.4 is 14.8 Å². The molecule has 1 amide bonds. The van der Waals surface area contributed by atoms with Gasteiger partial charge in [-0.25, -0.2) is 4.98 Å². The first-order valence-corrected chi connectivity index (χ1v) is 9.98. The van der Waals surface area contributed by atoms with E-state index in [1.54, 1.807) is 11.4 Å². The fourth-order valence-corrected chi connectivity index (χ4v) is 3.50. The number of anilines is 1. The second kappa shape index (κ2) is 9.62. The summed E-state index contributed by atoms with van der Waals surface area (Å²) in [4.78, 5) is 16.9. The standard InChI is InChI=1S/C21H19F3N2O3S/c1-2-28-17-9-5-3-7-15(17)20-25-14(12-30-20)11-19(27)26-16-8-4-6-10-18(16)29-13-21(22,23)24/h3-10,12H,2,11,13H2,1H3,(H,26,27). The third-order valence-corrected chi connectivity index (χ3v) is 4.79. The van der Waals surface area contributed by atoms with Crippen LogP contribution in [0.2, 0.25) is 0 Å². The number of para-hydroxylation sites is 3. The molecule has 0 aliphatic heterocycles. The van der Waals surface area contributed by atoms with Crippen LogP contribution in [-0.4, -0.2) is 30.3 Å².